The largest absolute Gasteiger partial charge is 0.481 e. The molecule has 256 valence electrons. The van der Waals surface area contributed by atoms with Gasteiger partial charge in [0.1, 0.15) is 17.6 Å². The summed E-state index contributed by atoms with van der Waals surface area (Å²) in [7, 11) is 1.96. The summed E-state index contributed by atoms with van der Waals surface area (Å²) in [6.07, 6.45) is -5.23. The van der Waals surface area contributed by atoms with E-state index in [1.165, 1.54) is 0 Å². The van der Waals surface area contributed by atoms with Crippen molar-refractivity contribution in [1.82, 2.24) is 4.90 Å². The molecule has 4 N–H and O–H groups in total. The minimum Gasteiger partial charge on any atom is -0.481 e. The molecule has 4 aliphatic rings. The van der Waals surface area contributed by atoms with E-state index < -0.39 is 77.8 Å². The lowest BCUT2D eigenvalue weighted by atomic mass is 9.52. The van der Waals surface area contributed by atoms with Crippen molar-refractivity contribution in [2.24, 2.45) is 0 Å². The molecule has 0 amide bonds. The van der Waals surface area contributed by atoms with E-state index in [4.69, 9.17) is 28.8 Å². The van der Waals surface area contributed by atoms with Crippen LogP contribution in [0.2, 0.25) is 0 Å². The summed E-state index contributed by atoms with van der Waals surface area (Å²) in [6.45, 7) is 3.67. The van der Waals surface area contributed by atoms with Gasteiger partial charge in [-0.2, -0.15) is 0 Å². The number of carboxylic acid groups (broad SMARTS) is 1. The number of benzene rings is 1. The number of aliphatic hydroxyl groups is 3. The summed E-state index contributed by atoms with van der Waals surface area (Å²) >= 11 is 0. The number of carbonyl (C=O) groups excluding carboxylic acids is 4. The first-order valence-electron chi connectivity index (χ1n) is 15.4. The number of carboxylic acids is 1. The van der Waals surface area contributed by atoms with Crippen LogP contribution in [0.5, 0.6) is 5.75 Å². The smallest absolute Gasteiger partial charge is 0.348 e. The van der Waals surface area contributed by atoms with Crippen molar-refractivity contribution in [3.8, 4) is 5.75 Å². The Labute approximate surface area is 270 Å². The molecule has 1 saturated heterocycles. The molecule has 0 unspecified atom stereocenters. The molecule has 1 aromatic rings. The molecule has 0 saturated carbocycles. The summed E-state index contributed by atoms with van der Waals surface area (Å²) in [4.78, 5) is 64.0. The summed E-state index contributed by atoms with van der Waals surface area (Å²) < 4.78 is 27.0. The van der Waals surface area contributed by atoms with Crippen molar-refractivity contribution >= 4 is 29.8 Å². The Morgan fingerprint density at radius 1 is 1.04 bits per heavy atom. The number of likely N-dealkylation sites (N-methyl/N-ethyl adjacent to an activating group) is 1. The molecule has 2 aliphatic heterocycles. The maximum Gasteiger partial charge on any atom is 0.348 e. The lowest BCUT2D eigenvalue weighted by Gasteiger charge is -2.56. The van der Waals surface area contributed by atoms with Gasteiger partial charge in [-0.05, 0) is 65.3 Å². The lowest BCUT2D eigenvalue weighted by molar-refractivity contribution is -0.185. The van der Waals surface area contributed by atoms with Gasteiger partial charge in [0.15, 0.2) is 18.3 Å². The summed E-state index contributed by atoms with van der Waals surface area (Å²) in [6, 6.07) is 3.44. The molecule has 0 aromatic heterocycles. The lowest BCUT2D eigenvalue weighted by Crippen LogP contribution is -2.69. The fourth-order valence-electron chi connectivity index (χ4n) is 7.24. The van der Waals surface area contributed by atoms with Gasteiger partial charge in [0.2, 0.25) is 6.10 Å². The molecule has 1 spiro atoms. The van der Waals surface area contributed by atoms with Crippen molar-refractivity contribution in [3.63, 3.8) is 0 Å². The van der Waals surface area contributed by atoms with Crippen molar-refractivity contribution in [1.29, 1.82) is 0 Å². The van der Waals surface area contributed by atoms with E-state index in [-0.39, 0.29) is 24.8 Å². The number of carbonyl (C=O) groups is 5. The van der Waals surface area contributed by atoms with Gasteiger partial charge in [-0.3, -0.25) is 4.79 Å². The van der Waals surface area contributed by atoms with E-state index in [0.29, 0.717) is 37.1 Å². The average Bonchev–Trinajstić information content (AvgIpc) is 3.35. The molecule has 1 aromatic carbocycles. The van der Waals surface area contributed by atoms with Gasteiger partial charge in [0.05, 0.1) is 24.0 Å². The van der Waals surface area contributed by atoms with Gasteiger partial charge in [0.25, 0.3) is 0 Å². The number of esters is 4. The fourth-order valence-corrected chi connectivity index (χ4v) is 7.24. The standard InChI is InChI=1S/C32H39NO14/c1-15(35)28(39)46-21(30(41)44-17(3)29(40)43-16(2)27(37)38)13-23(36)45-20-8-10-32(42)22-12-18-6-7-19(14-34)25-24(18)31(32,26(20)47-25)9-5-11-33(22)4/h6-8,15-17,21-22,26,34-35,42H,5,9-14H2,1-4H3,(H,37,38)/t15-,16-,17-,21-,22+,26-,31-,32+/m0/s1. The van der Waals surface area contributed by atoms with Crippen LogP contribution < -0.4 is 4.74 Å². The highest BCUT2D eigenvalue weighted by molar-refractivity contribution is 5.88. The number of rotatable bonds is 11. The number of nitrogens with zero attached hydrogens (tertiary/aromatic N) is 1. The first-order chi connectivity index (χ1) is 22.1. The first kappa shape index (κ1) is 34.3. The van der Waals surface area contributed by atoms with Crippen LogP contribution in [-0.4, -0.2) is 111 Å². The first-order valence-corrected chi connectivity index (χ1v) is 15.4. The number of ether oxygens (including phenoxy) is 5. The minimum absolute atomic E-state index is 0.0736. The van der Waals surface area contributed by atoms with Crippen LogP contribution in [0.3, 0.4) is 0 Å². The van der Waals surface area contributed by atoms with Crippen molar-refractivity contribution in [2.75, 3.05) is 13.6 Å². The van der Waals surface area contributed by atoms with E-state index in [9.17, 15) is 39.3 Å². The van der Waals surface area contributed by atoms with Crippen molar-refractivity contribution in [3.05, 3.63) is 40.7 Å². The Hall–Kier alpha value is -4.05. The molecule has 47 heavy (non-hydrogen) atoms. The Balaban J connectivity index is 1.39. The zero-order chi connectivity index (χ0) is 34.4. The second kappa shape index (κ2) is 12.9. The quantitative estimate of drug-likeness (QED) is 0.182. The third-order valence-corrected chi connectivity index (χ3v) is 9.56. The van der Waals surface area contributed by atoms with Crippen molar-refractivity contribution in [2.45, 2.75) is 107 Å². The normalized spacial score (nSPS) is 28.2. The zero-order valence-electron chi connectivity index (χ0n) is 26.5. The summed E-state index contributed by atoms with van der Waals surface area (Å²) in [5, 5.41) is 41.2. The Morgan fingerprint density at radius 3 is 2.40 bits per heavy atom. The molecule has 8 atom stereocenters. The maximum absolute atomic E-state index is 13.4. The summed E-state index contributed by atoms with van der Waals surface area (Å²) in [5.74, 6) is -5.78. The molecule has 15 heteroatoms. The van der Waals surface area contributed by atoms with Gasteiger partial charge in [-0.25, -0.2) is 19.2 Å². The predicted molar refractivity (Wildman–Crippen MR) is 156 cm³/mol. The van der Waals surface area contributed by atoms with Gasteiger partial charge in [0, 0.05) is 23.6 Å². The van der Waals surface area contributed by atoms with E-state index in [0.717, 1.165) is 31.9 Å². The molecule has 15 nitrogen and oxygen atoms in total. The molecule has 2 heterocycles. The number of hydrogen-bond donors (Lipinski definition) is 4. The second-order valence-corrected chi connectivity index (χ2v) is 12.5. The van der Waals surface area contributed by atoms with Gasteiger partial charge < -0.3 is 49.0 Å². The van der Waals surface area contributed by atoms with E-state index >= 15 is 0 Å². The van der Waals surface area contributed by atoms with Crippen LogP contribution in [0.4, 0.5) is 0 Å². The SMILES string of the molecule is C[C@H](O)C(=O)O[C@@H](CC(=O)OC1=CC[C@@]2(O)[C@H]3Cc4ccc(CO)c5c4[C@@]2(CCCN3C)[C@H]1O5)C(=O)O[C@@H](C)C(=O)O[C@@H](C)C(=O)O. The van der Waals surface area contributed by atoms with Crippen LogP contribution in [0, 0.1) is 0 Å². The minimum atomic E-state index is -1.96. The van der Waals surface area contributed by atoms with E-state index in [1.807, 2.05) is 13.1 Å². The Bertz CT molecular complexity index is 1500. The average molecular weight is 662 g/mol. The maximum atomic E-state index is 13.4. The van der Waals surface area contributed by atoms with Crippen LogP contribution in [0.25, 0.3) is 0 Å². The fraction of sp³-hybridized carbons (Fsp3) is 0.594. The second-order valence-electron chi connectivity index (χ2n) is 12.5. The molecule has 0 radical (unpaired) electrons. The third-order valence-electron chi connectivity index (χ3n) is 9.56. The highest BCUT2D eigenvalue weighted by Gasteiger charge is 2.70. The van der Waals surface area contributed by atoms with Crippen LogP contribution in [0.1, 0.15) is 63.1 Å². The molecule has 2 bridgehead atoms. The van der Waals surface area contributed by atoms with E-state index in [1.54, 1.807) is 12.1 Å². The number of aliphatic carboxylic acids is 1. The van der Waals surface area contributed by atoms with Crippen LogP contribution in [-0.2, 0) is 61.4 Å². The molecule has 5 rings (SSSR count). The van der Waals surface area contributed by atoms with Crippen LogP contribution in [0.15, 0.2) is 24.0 Å². The number of hydrogen-bond acceptors (Lipinski definition) is 14. The highest BCUT2D eigenvalue weighted by atomic mass is 16.6. The predicted octanol–water partition coefficient (Wildman–Crippen LogP) is 0.0206. The van der Waals surface area contributed by atoms with Crippen molar-refractivity contribution < 1.29 is 68.1 Å². The van der Waals surface area contributed by atoms with Gasteiger partial charge >= 0.3 is 29.8 Å². The number of likely N-dealkylation sites (tertiary alicyclic amines) is 1. The zero-order valence-corrected chi connectivity index (χ0v) is 26.5. The highest BCUT2D eigenvalue weighted by Crippen LogP contribution is 2.64. The van der Waals surface area contributed by atoms with Gasteiger partial charge in [-0.1, -0.05) is 12.1 Å². The molecule has 1 fully saturated rings. The topological polar surface area (TPSA) is 216 Å². The third kappa shape index (κ3) is 5.85. The van der Waals surface area contributed by atoms with Gasteiger partial charge in [-0.15, -0.1) is 0 Å². The summed E-state index contributed by atoms with van der Waals surface area (Å²) in [5.41, 5.74) is -0.0347. The number of aliphatic hydroxyl groups excluding tert-OH is 2. The van der Waals surface area contributed by atoms with Crippen LogP contribution >= 0.6 is 0 Å². The Kier molecular flexibility index (Phi) is 9.38. The van der Waals surface area contributed by atoms with E-state index in [2.05, 4.69) is 4.90 Å². The monoisotopic (exact) mass is 661 g/mol. The molecular formula is C32H39NO14. The Morgan fingerprint density at radius 2 is 1.74 bits per heavy atom. The molecular weight excluding hydrogens is 622 g/mol. The molecule has 2 aliphatic carbocycles.